The Morgan fingerprint density at radius 2 is 2.42 bits per heavy atom. The number of hydrogen-bond acceptors (Lipinski definition) is 2. The quantitative estimate of drug-likeness (QED) is 0.622. The molecule has 0 aromatic rings. The van der Waals surface area contributed by atoms with Crippen molar-refractivity contribution in [3.63, 3.8) is 0 Å². The van der Waals surface area contributed by atoms with Crippen molar-refractivity contribution in [2.75, 3.05) is 13.1 Å². The van der Waals surface area contributed by atoms with Crippen LogP contribution >= 0.6 is 12.4 Å². The van der Waals surface area contributed by atoms with E-state index in [2.05, 4.69) is 11.2 Å². The molecular weight excluding hydrogens is 178 g/mol. The van der Waals surface area contributed by atoms with Crippen LogP contribution < -0.4 is 5.32 Å². The van der Waals surface area contributed by atoms with Crippen molar-refractivity contribution in [3.8, 4) is 12.3 Å². The summed E-state index contributed by atoms with van der Waals surface area (Å²) < 4.78 is 0. The van der Waals surface area contributed by atoms with Gasteiger partial charge in [0.1, 0.15) is 0 Å². The van der Waals surface area contributed by atoms with Crippen LogP contribution in [-0.4, -0.2) is 24.2 Å². The predicted molar refractivity (Wildman–Crippen MR) is 48.3 cm³/mol. The topological polar surface area (TPSA) is 49.3 Å². The number of hydrogen-bond donors (Lipinski definition) is 2. The van der Waals surface area contributed by atoms with E-state index >= 15 is 0 Å². The summed E-state index contributed by atoms with van der Waals surface area (Å²) >= 11 is 0. The fraction of sp³-hybridized carbons (Fsp3) is 0.625. The minimum absolute atomic E-state index is 0. The molecule has 12 heavy (non-hydrogen) atoms. The van der Waals surface area contributed by atoms with Crippen molar-refractivity contribution in [2.45, 2.75) is 12.8 Å². The average molecular weight is 190 g/mol. The van der Waals surface area contributed by atoms with Crippen LogP contribution in [0.15, 0.2) is 0 Å². The van der Waals surface area contributed by atoms with Crippen LogP contribution in [0.1, 0.15) is 12.8 Å². The summed E-state index contributed by atoms with van der Waals surface area (Å²) in [6.07, 6.45) is 6.06. The monoisotopic (exact) mass is 189 g/mol. The lowest BCUT2D eigenvalue weighted by Crippen LogP contribution is -2.32. The fourth-order valence-electron chi connectivity index (χ4n) is 1.35. The molecule has 4 heteroatoms. The van der Waals surface area contributed by atoms with Crippen LogP contribution in [-0.2, 0) is 4.79 Å². The van der Waals surface area contributed by atoms with Gasteiger partial charge >= 0.3 is 5.97 Å². The number of halogens is 1. The molecule has 1 fully saturated rings. The molecule has 3 nitrogen and oxygen atoms in total. The van der Waals surface area contributed by atoms with Gasteiger partial charge in [0.2, 0.25) is 0 Å². The van der Waals surface area contributed by atoms with E-state index in [9.17, 15) is 4.79 Å². The maximum atomic E-state index is 10.8. The number of carbonyl (C=O) groups is 1. The van der Waals surface area contributed by atoms with Gasteiger partial charge in [-0.3, -0.25) is 4.79 Å². The van der Waals surface area contributed by atoms with Crippen LogP contribution in [0.2, 0.25) is 0 Å². The standard InChI is InChI=1S/C8H11NO2.ClH/c1-2-3-8(7(10)11)4-5-9-6-8;/h1,9H,3-6H2,(H,10,11);1H. The smallest absolute Gasteiger partial charge is 0.311 e. The second-order valence-corrected chi connectivity index (χ2v) is 2.89. The van der Waals surface area contributed by atoms with Gasteiger partial charge in [0.15, 0.2) is 0 Å². The van der Waals surface area contributed by atoms with Crippen LogP contribution in [0.25, 0.3) is 0 Å². The summed E-state index contributed by atoms with van der Waals surface area (Å²) in [4.78, 5) is 10.8. The summed E-state index contributed by atoms with van der Waals surface area (Å²) in [6, 6.07) is 0. The highest BCUT2D eigenvalue weighted by Crippen LogP contribution is 2.29. The largest absolute Gasteiger partial charge is 0.481 e. The van der Waals surface area contributed by atoms with Crippen LogP contribution in [0, 0.1) is 17.8 Å². The fourth-order valence-corrected chi connectivity index (χ4v) is 1.35. The van der Waals surface area contributed by atoms with Crippen LogP contribution in [0.4, 0.5) is 0 Å². The molecule has 0 bridgehead atoms. The maximum absolute atomic E-state index is 10.8. The molecule has 0 spiro atoms. The Labute approximate surface area is 77.9 Å². The summed E-state index contributed by atoms with van der Waals surface area (Å²) in [5.41, 5.74) is -0.686. The number of rotatable bonds is 2. The second kappa shape index (κ2) is 4.34. The number of terminal acetylenes is 1. The SMILES string of the molecule is C#CCC1(C(=O)O)CCNC1.Cl. The molecule has 0 amide bonds. The minimum atomic E-state index is -0.777. The van der Waals surface area contributed by atoms with E-state index in [0.717, 1.165) is 6.54 Å². The van der Waals surface area contributed by atoms with E-state index < -0.39 is 11.4 Å². The molecule has 1 unspecified atom stereocenters. The Bertz CT molecular complexity index is 204. The van der Waals surface area contributed by atoms with Crippen molar-refractivity contribution in [1.82, 2.24) is 5.32 Å². The molecule has 1 rings (SSSR count). The molecule has 1 aliphatic rings. The van der Waals surface area contributed by atoms with Gasteiger partial charge < -0.3 is 10.4 Å². The minimum Gasteiger partial charge on any atom is -0.481 e. The Hall–Kier alpha value is -0.720. The molecular formula is C8H12ClNO2. The van der Waals surface area contributed by atoms with Crippen molar-refractivity contribution in [2.24, 2.45) is 5.41 Å². The Morgan fingerprint density at radius 3 is 2.75 bits per heavy atom. The van der Waals surface area contributed by atoms with Crippen molar-refractivity contribution >= 4 is 18.4 Å². The van der Waals surface area contributed by atoms with Gasteiger partial charge in [0.25, 0.3) is 0 Å². The van der Waals surface area contributed by atoms with Gasteiger partial charge in [0, 0.05) is 13.0 Å². The molecule has 68 valence electrons. The third kappa shape index (κ3) is 1.90. The highest BCUT2D eigenvalue weighted by Gasteiger charge is 2.40. The molecule has 1 aliphatic heterocycles. The molecule has 2 N–H and O–H groups in total. The Balaban J connectivity index is 0.00000121. The number of aliphatic carboxylic acids is 1. The van der Waals surface area contributed by atoms with Crippen LogP contribution in [0.5, 0.6) is 0 Å². The lowest BCUT2D eigenvalue weighted by Gasteiger charge is -2.19. The number of carboxylic acid groups (broad SMARTS) is 1. The van der Waals surface area contributed by atoms with Crippen molar-refractivity contribution in [3.05, 3.63) is 0 Å². The number of nitrogens with one attached hydrogen (secondary N) is 1. The second-order valence-electron chi connectivity index (χ2n) is 2.89. The maximum Gasteiger partial charge on any atom is 0.311 e. The molecule has 1 heterocycles. The molecule has 0 aliphatic carbocycles. The normalized spacial score (nSPS) is 27.2. The van der Waals surface area contributed by atoms with E-state index in [4.69, 9.17) is 11.5 Å². The third-order valence-electron chi connectivity index (χ3n) is 2.14. The van der Waals surface area contributed by atoms with Gasteiger partial charge in [-0.25, -0.2) is 0 Å². The molecule has 0 radical (unpaired) electrons. The summed E-state index contributed by atoms with van der Waals surface area (Å²) in [5, 5.41) is 11.9. The molecule has 1 saturated heterocycles. The van der Waals surface area contributed by atoms with Gasteiger partial charge in [-0.15, -0.1) is 24.8 Å². The Morgan fingerprint density at radius 1 is 1.75 bits per heavy atom. The third-order valence-corrected chi connectivity index (χ3v) is 2.14. The van der Waals surface area contributed by atoms with Crippen LogP contribution in [0.3, 0.4) is 0 Å². The predicted octanol–water partition coefficient (Wildman–Crippen LogP) is 0.496. The van der Waals surface area contributed by atoms with E-state index in [-0.39, 0.29) is 12.4 Å². The number of carboxylic acids is 1. The lowest BCUT2D eigenvalue weighted by atomic mass is 9.84. The van der Waals surface area contributed by atoms with E-state index in [1.807, 2.05) is 0 Å². The van der Waals surface area contributed by atoms with E-state index in [0.29, 0.717) is 19.4 Å². The Kier molecular flexibility index (Phi) is 4.08. The summed E-state index contributed by atoms with van der Waals surface area (Å²) in [5.74, 6) is 1.63. The molecule has 0 saturated carbocycles. The van der Waals surface area contributed by atoms with Gasteiger partial charge in [-0.05, 0) is 13.0 Å². The van der Waals surface area contributed by atoms with Crippen molar-refractivity contribution < 1.29 is 9.90 Å². The van der Waals surface area contributed by atoms with Crippen molar-refractivity contribution in [1.29, 1.82) is 0 Å². The van der Waals surface area contributed by atoms with Gasteiger partial charge in [-0.2, -0.15) is 0 Å². The van der Waals surface area contributed by atoms with E-state index in [1.165, 1.54) is 0 Å². The average Bonchev–Trinajstić information content (AvgIpc) is 2.38. The highest BCUT2D eigenvalue weighted by atomic mass is 35.5. The first kappa shape index (κ1) is 11.3. The first-order valence-electron chi connectivity index (χ1n) is 3.59. The lowest BCUT2D eigenvalue weighted by molar-refractivity contribution is -0.147. The molecule has 1 atom stereocenters. The van der Waals surface area contributed by atoms with E-state index in [1.54, 1.807) is 0 Å². The zero-order chi connectivity index (χ0) is 8.32. The first-order valence-corrected chi connectivity index (χ1v) is 3.59. The summed E-state index contributed by atoms with van der Waals surface area (Å²) in [6.45, 7) is 1.26. The first-order chi connectivity index (χ1) is 5.21. The van der Waals surface area contributed by atoms with Gasteiger partial charge in [-0.1, -0.05) is 0 Å². The zero-order valence-corrected chi connectivity index (χ0v) is 7.49. The molecule has 0 aromatic heterocycles. The summed E-state index contributed by atoms with van der Waals surface area (Å²) in [7, 11) is 0. The molecule has 0 aromatic carbocycles. The van der Waals surface area contributed by atoms with Gasteiger partial charge in [0.05, 0.1) is 5.41 Å². The highest BCUT2D eigenvalue weighted by molar-refractivity contribution is 5.85. The zero-order valence-electron chi connectivity index (χ0n) is 6.67.